The van der Waals surface area contributed by atoms with Crippen LogP contribution in [0.5, 0.6) is 0 Å². The lowest BCUT2D eigenvalue weighted by Gasteiger charge is -2.07. The summed E-state index contributed by atoms with van der Waals surface area (Å²) in [4.78, 5) is 26.0. The molecular weight excluding hydrogens is 352 g/mol. The zero-order chi connectivity index (χ0) is 19.1. The van der Waals surface area contributed by atoms with Crippen molar-refractivity contribution >= 4 is 11.4 Å². The van der Waals surface area contributed by atoms with E-state index in [0.29, 0.717) is 18.0 Å². The van der Waals surface area contributed by atoms with Crippen molar-refractivity contribution in [2.75, 3.05) is 0 Å². The molecule has 0 aliphatic carbocycles. The number of aromatic amines is 1. The molecule has 4 heterocycles. The van der Waals surface area contributed by atoms with Gasteiger partial charge in [-0.3, -0.25) is 9.89 Å². The summed E-state index contributed by atoms with van der Waals surface area (Å²) in [7, 11) is 0. The van der Waals surface area contributed by atoms with Crippen molar-refractivity contribution in [3.63, 3.8) is 0 Å². The minimum absolute atomic E-state index is 0.160. The van der Waals surface area contributed by atoms with Crippen LogP contribution in [0, 0.1) is 6.92 Å². The Hall–Kier alpha value is -3.74. The zero-order valence-corrected chi connectivity index (χ0v) is 15.3. The summed E-state index contributed by atoms with van der Waals surface area (Å²) in [6.45, 7) is 2.04. The first-order valence-electron chi connectivity index (χ1n) is 9.15. The minimum Gasteiger partial charge on any atom is -0.301 e. The molecular formula is C21H18N6O. The Morgan fingerprint density at radius 3 is 2.71 bits per heavy atom. The second-order valence-electron chi connectivity index (χ2n) is 6.77. The predicted octanol–water partition coefficient (Wildman–Crippen LogP) is 2.83. The number of fused-ring (bicyclic) bond motifs is 2. The van der Waals surface area contributed by atoms with Gasteiger partial charge in [0.1, 0.15) is 5.65 Å². The molecule has 0 unspecified atom stereocenters. The Labute approximate surface area is 160 Å². The number of benzene rings is 1. The van der Waals surface area contributed by atoms with Crippen LogP contribution in [0.2, 0.25) is 0 Å². The van der Waals surface area contributed by atoms with E-state index >= 15 is 0 Å². The largest absolute Gasteiger partial charge is 0.301 e. The molecule has 0 saturated heterocycles. The number of H-pyrrole nitrogens is 1. The van der Waals surface area contributed by atoms with E-state index in [0.717, 1.165) is 34.7 Å². The molecule has 5 aromatic rings. The van der Waals surface area contributed by atoms with Crippen LogP contribution in [0.15, 0.2) is 65.6 Å². The Morgan fingerprint density at radius 1 is 1.00 bits per heavy atom. The van der Waals surface area contributed by atoms with Gasteiger partial charge in [-0.05, 0) is 31.9 Å². The molecule has 0 atom stereocenters. The van der Waals surface area contributed by atoms with Gasteiger partial charge in [-0.1, -0.05) is 36.4 Å². The van der Waals surface area contributed by atoms with Crippen LogP contribution >= 0.6 is 0 Å². The van der Waals surface area contributed by atoms with Gasteiger partial charge in [0.2, 0.25) is 0 Å². The number of aryl methyl sites for hydroxylation is 3. The van der Waals surface area contributed by atoms with Gasteiger partial charge in [-0.25, -0.2) is 9.97 Å². The smallest absolute Gasteiger partial charge is 0.274 e. The number of nitrogens with zero attached hydrogens (tertiary/aromatic N) is 5. The van der Waals surface area contributed by atoms with Crippen LogP contribution in [0.1, 0.15) is 17.1 Å². The average Bonchev–Trinajstić information content (AvgIpc) is 3.32. The number of hydrogen-bond acceptors (Lipinski definition) is 4. The van der Waals surface area contributed by atoms with Gasteiger partial charge in [0.25, 0.3) is 11.3 Å². The maximum atomic E-state index is 12.5. The molecule has 28 heavy (non-hydrogen) atoms. The summed E-state index contributed by atoms with van der Waals surface area (Å²) in [5.41, 5.74) is 4.64. The SMILES string of the molecule is Cc1cnc2cccc(CCc3cc(=O)n4[nH]c(-c5ccccc5)nc4n3)n12. The predicted molar refractivity (Wildman–Crippen MR) is 106 cm³/mol. The van der Waals surface area contributed by atoms with Gasteiger partial charge in [0, 0.05) is 29.2 Å². The summed E-state index contributed by atoms with van der Waals surface area (Å²) in [5, 5.41) is 3.03. The molecule has 1 N–H and O–H groups in total. The standard InChI is InChI=1S/C21H18N6O/c1-14-13-22-18-9-5-8-17(26(14)18)11-10-16-12-19(28)27-21(23-16)24-20(25-27)15-6-3-2-4-7-15/h2-9,12-13H,10-11H2,1H3,(H,23,24,25). The lowest BCUT2D eigenvalue weighted by molar-refractivity contribution is 0.825. The minimum atomic E-state index is -0.160. The van der Waals surface area contributed by atoms with Crippen molar-refractivity contribution in [3.8, 4) is 11.4 Å². The number of aromatic nitrogens is 6. The van der Waals surface area contributed by atoms with Crippen LogP contribution in [0.3, 0.4) is 0 Å². The first-order valence-corrected chi connectivity index (χ1v) is 9.15. The van der Waals surface area contributed by atoms with Crippen molar-refractivity contribution in [2.24, 2.45) is 0 Å². The highest BCUT2D eigenvalue weighted by atomic mass is 16.1. The molecule has 0 spiro atoms. The first-order chi connectivity index (χ1) is 13.7. The molecule has 7 nitrogen and oxygen atoms in total. The molecule has 7 heteroatoms. The summed E-state index contributed by atoms with van der Waals surface area (Å²) in [5.74, 6) is 1.01. The highest BCUT2D eigenvalue weighted by Crippen LogP contribution is 2.15. The van der Waals surface area contributed by atoms with Crippen molar-refractivity contribution in [2.45, 2.75) is 19.8 Å². The fourth-order valence-electron chi connectivity index (χ4n) is 3.50. The normalized spacial score (nSPS) is 11.5. The highest BCUT2D eigenvalue weighted by molar-refractivity contribution is 5.56. The third kappa shape index (κ3) is 2.77. The molecule has 5 rings (SSSR count). The summed E-state index contributed by atoms with van der Waals surface area (Å²) in [6, 6.07) is 17.3. The quantitative estimate of drug-likeness (QED) is 0.527. The molecule has 0 bridgehead atoms. The van der Waals surface area contributed by atoms with E-state index in [2.05, 4.69) is 30.5 Å². The van der Waals surface area contributed by atoms with E-state index < -0.39 is 0 Å². The maximum Gasteiger partial charge on any atom is 0.274 e. The number of imidazole rings is 1. The Bertz CT molecular complexity index is 1350. The van der Waals surface area contributed by atoms with E-state index in [-0.39, 0.29) is 5.56 Å². The van der Waals surface area contributed by atoms with Crippen LogP contribution in [-0.4, -0.2) is 29.0 Å². The highest BCUT2D eigenvalue weighted by Gasteiger charge is 2.11. The molecule has 0 amide bonds. The Kier molecular flexibility index (Phi) is 3.79. The number of pyridine rings is 1. The molecule has 0 fully saturated rings. The lowest BCUT2D eigenvalue weighted by atomic mass is 10.1. The van der Waals surface area contributed by atoms with Gasteiger partial charge in [-0.15, -0.1) is 0 Å². The van der Waals surface area contributed by atoms with E-state index in [9.17, 15) is 4.79 Å². The topological polar surface area (TPSA) is 80.3 Å². The monoisotopic (exact) mass is 370 g/mol. The van der Waals surface area contributed by atoms with Crippen LogP contribution in [0.25, 0.3) is 22.8 Å². The molecule has 138 valence electrons. The maximum absolute atomic E-state index is 12.5. The first kappa shape index (κ1) is 16.4. The number of nitrogens with one attached hydrogen (secondary N) is 1. The van der Waals surface area contributed by atoms with Crippen molar-refractivity contribution in [1.29, 1.82) is 0 Å². The summed E-state index contributed by atoms with van der Waals surface area (Å²) < 4.78 is 3.51. The molecule has 0 aliphatic rings. The molecule has 4 aromatic heterocycles. The molecule has 0 saturated carbocycles. The van der Waals surface area contributed by atoms with Crippen LogP contribution < -0.4 is 5.56 Å². The van der Waals surface area contributed by atoms with Crippen molar-refractivity contribution < 1.29 is 0 Å². The number of hydrogen-bond donors (Lipinski definition) is 1. The summed E-state index contributed by atoms with van der Waals surface area (Å²) >= 11 is 0. The van der Waals surface area contributed by atoms with E-state index in [1.165, 1.54) is 4.52 Å². The van der Waals surface area contributed by atoms with E-state index in [4.69, 9.17) is 0 Å². The van der Waals surface area contributed by atoms with Crippen molar-refractivity contribution in [1.82, 2.24) is 29.0 Å². The van der Waals surface area contributed by atoms with E-state index in [1.54, 1.807) is 6.07 Å². The van der Waals surface area contributed by atoms with E-state index in [1.807, 2.05) is 55.6 Å². The third-order valence-electron chi connectivity index (χ3n) is 4.85. The third-order valence-corrected chi connectivity index (χ3v) is 4.85. The molecule has 0 aliphatic heterocycles. The Balaban J connectivity index is 1.48. The van der Waals surface area contributed by atoms with Gasteiger partial charge in [0.15, 0.2) is 5.82 Å². The van der Waals surface area contributed by atoms with Crippen molar-refractivity contribution in [3.05, 3.63) is 88.2 Å². The van der Waals surface area contributed by atoms with Crippen LogP contribution in [0.4, 0.5) is 0 Å². The second kappa shape index (κ2) is 6.45. The summed E-state index contributed by atoms with van der Waals surface area (Å²) in [6.07, 6.45) is 3.27. The second-order valence-corrected chi connectivity index (χ2v) is 6.77. The van der Waals surface area contributed by atoms with Gasteiger partial charge in [0.05, 0.1) is 5.69 Å². The number of rotatable bonds is 4. The van der Waals surface area contributed by atoms with Gasteiger partial charge >= 0.3 is 0 Å². The van der Waals surface area contributed by atoms with Crippen LogP contribution in [-0.2, 0) is 12.8 Å². The fraction of sp³-hybridized carbons (Fsp3) is 0.143. The fourth-order valence-corrected chi connectivity index (χ4v) is 3.50. The van der Waals surface area contributed by atoms with Gasteiger partial charge in [-0.2, -0.15) is 9.50 Å². The Morgan fingerprint density at radius 2 is 1.86 bits per heavy atom. The lowest BCUT2D eigenvalue weighted by Crippen LogP contribution is -2.16. The zero-order valence-electron chi connectivity index (χ0n) is 15.3. The molecule has 1 aromatic carbocycles. The van der Waals surface area contributed by atoms with Gasteiger partial charge < -0.3 is 4.40 Å². The molecule has 0 radical (unpaired) electrons. The average molecular weight is 370 g/mol.